The zero-order chi connectivity index (χ0) is 33.0. The molecule has 1 saturated heterocycles. The molecule has 0 atom stereocenters. The number of halogens is 7. The molecular formula is C23H26ClF6N5O7S. The van der Waals surface area contributed by atoms with Crippen LogP contribution in [0.2, 0.25) is 5.15 Å². The minimum atomic E-state index is -5.08. The summed E-state index contributed by atoms with van der Waals surface area (Å²) in [6.45, 7) is 7.49. The summed E-state index contributed by atoms with van der Waals surface area (Å²) in [5.74, 6) is -5.79. The Labute approximate surface area is 249 Å². The van der Waals surface area contributed by atoms with Crippen molar-refractivity contribution in [1.29, 1.82) is 0 Å². The second kappa shape index (κ2) is 16.9. The highest BCUT2D eigenvalue weighted by Crippen LogP contribution is 2.35. The fourth-order valence-electron chi connectivity index (χ4n) is 3.03. The van der Waals surface area contributed by atoms with Crippen LogP contribution in [0.3, 0.4) is 0 Å². The number of nitrogens with one attached hydrogen (secondary N) is 2. The summed E-state index contributed by atoms with van der Waals surface area (Å²) < 4.78 is 68.8. The zero-order valence-electron chi connectivity index (χ0n) is 22.4. The van der Waals surface area contributed by atoms with Gasteiger partial charge in [0.15, 0.2) is 10.3 Å². The number of pyridine rings is 1. The number of alkyl halides is 6. The molecule has 2 amide bonds. The number of aliphatic carboxylic acids is 2. The molecule has 43 heavy (non-hydrogen) atoms. The summed E-state index contributed by atoms with van der Waals surface area (Å²) in [5, 5.41) is 20.5. The SMILES string of the molecule is CC(=O)Nc1nc(C)c(-c2cnc(Cl)c(NC(=O)CCCN3CCOCC3)c2)s1.O=C(O)C(F)(F)F.O=C(O)C(F)(F)F. The van der Waals surface area contributed by atoms with E-state index in [4.69, 9.17) is 36.1 Å². The van der Waals surface area contributed by atoms with Crippen molar-refractivity contribution < 1.29 is 60.5 Å². The first kappa shape index (κ1) is 37.5. The van der Waals surface area contributed by atoms with E-state index in [1.165, 1.54) is 18.3 Å². The van der Waals surface area contributed by atoms with E-state index >= 15 is 0 Å². The summed E-state index contributed by atoms with van der Waals surface area (Å²) in [5.41, 5.74) is 2.02. The van der Waals surface area contributed by atoms with Gasteiger partial charge in [0.25, 0.3) is 0 Å². The van der Waals surface area contributed by atoms with E-state index < -0.39 is 24.3 Å². The van der Waals surface area contributed by atoms with Gasteiger partial charge in [0.05, 0.1) is 29.5 Å². The number of hydrogen-bond acceptors (Lipinski definition) is 9. The Hall–Kier alpha value is -3.55. The third kappa shape index (κ3) is 14.5. The Morgan fingerprint density at radius 2 is 1.58 bits per heavy atom. The molecule has 3 rings (SSSR count). The molecule has 2 aromatic heterocycles. The van der Waals surface area contributed by atoms with Crippen LogP contribution >= 0.6 is 22.9 Å². The lowest BCUT2D eigenvalue weighted by Gasteiger charge is -2.26. The molecule has 240 valence electrons. The van der Waals surface area contributed by atoms with E-state index in [1.807, 2.05) is 6.92 Å². The minimum Gasteiger partial charge on any atom is -0.475 e. The van der Waals surface area contributed by atoms with Crippen molar-refractivity contribution >= 4 is 57.5 Å². The van der Waals surface area contributed by atoms with Crippen LogP contribution in [0, 0.1) is 6.92 Å². The third-order valence-electron chi connectivity index (χ3n) is 4.92. The molecule has 1 aliphatic rings. The molecule has 20 heteroatoms. The molecule has 0 saturated carbocycles. The Balaban J connectivity index is 0.000000548. The molecule has 12 nitrogen and oxygen atoms in total. The number of hydrogen-bond donors (Lipinski definition) is 4. The maximum atomic E-state index is 12.3. The molecule has 0 bridgehead atoms. The number of carbonyl (C=O) groups is 4. The third-order valence-corrected chi connectivity index (χ3v) is 6.34. The van der Waals surface area contributed by atoms with Crippen molar-refractivity contribution in [2.45, 2.75) is 39.0 Å². The molecule has 0 unspecified atom stereocenters. The first-order valence-electron chi connectivity index (χ1n) is 11.9. The van der Waals surface area contributed by atoms with Crippen LogP contribution < -0.4 is 10.6 Å². The van der Waals surface area contributed by atoms with Gasteiger partial charge >= 0.3 is 24.3 Å². The number of nitrogens with zero attached hydrogens (tertiary/aromatic N) is 3. The Morgan fingerprint density at radius 3 is 2.07 bits per heavy atom. The number of rotatable bonds is 7. The summed E-state index contributed by atoms with van der Waals surface area (Å²) in [7, 11) is 0. The van der Waals surface area contributed by atoms with Crippen LogP contribution in [0.4, 0.5) is 37.2 Å². The van der Waals surface area contributed by atoms with Gasteiger partial charge in [0.1, 0.15) is 0 Å². The van der Waals surface area contributed by atoms with Gasteiger partial charge in [-0.15, -0.1) is 0 Å². The van der Waals surface area contributed by atoms with Crippen LogP contribution in [0.25, 0.3) is 10.4 Å². The predicted octanol–water partition coefficient (Wildman–Crippen LogP) is 4.44. The van der Waals surface area contributed by atoms with Gasteiger partial charge in [0.2, 0.25) is 11.8 Å². The van der Waals surface area contributed by atoms with Crippen molar-refractivity contribution in [3.63, 3.8) is 0 Å². The maximum Gasteiger partial charge on any atom is 0.490 e. The summed E-state index contributed by atoms with van der Waals surface area (Å²) >= 11 is 7.53. The van der Waals surface area contributed by atoms with Crippen LogP contribution in [-0.4, -0.2) is 94.0 Å². The average Bonchev–Trinajstić information content (AvgIpc) is 3.24. The molecule has 1 fully saturated rings. The Kier molecular flexibility index (Phi) is 14.7. The first-order valence-corrected chi connectivity index (χ1v) is 13.1. The van der Waals surface area contributed by atoms with Gasteiger partial charge in [-0.1, -0.05) is 22.9 Å². The number of ether oxygens (including phenoxy) is 1. The van der Waals surface area contributed by atoms with Crippen LogP contribution in [0.15, 0.2) is 12.3 Å². The number of aromatic nitrogens is 2. The van der Waals surface area contributed by atoms with Gasteiger partial charge in [-0.05, 0) is 26.0 Å². The topological polar surface area (TPSA) is 171 Å². The number of amides is 2. The predicted molar refractivity (Wildman–Crippen MR) is 142 cm³/mol. The number of carbonyl (C=O) groups excluding carboxylic acids is 2. The lowest BCUT2D eigenvalue weighted by molar-refractivity contribution is -0.193. The Morgan fingerprint density at radius 1 is 1.05 bits per heavy atom. The molecule has 4 N–H and O–H groups in total. The van der Waals surface area contributed by atoms with Gasteiger partial charge in [-0.25, -0.2) is 19.6 Å². The smallest absolute Gasteiger partial charge is 0.475 e. The molecule has 3 heterocycles. The maximum absolute atomic E-state index is 12.3. The lowest BCUT2D eigenvalue weighted by atomic mass is 10.2. The highest BCUT2D eigenvalue weighted by molar-refractivity contribution is 7.19. The van der Waals surface area contributed by atoms with Crippen LogP contribution in [-0.2, 0) is 23.9 Å². The van der Waals surface area contributed by atoms with E-state index in [0.717, 1.165) is 55.4 Å². The van der Waals surface area contributed by atoms with Crippen LogP contribution in [0.5, 0.6) is 0 Å². The number of thiazole rings is 1. The molecule has 0 spiro atoms. The van der Waals surface area contributed by atoms with Gasteiger partial charge < -0.3 is 25.6 Å². The van der Waals surface area contributed by atoms with Gasteiger partial charge in [-0.3, -0.25) is 14.5 Å². The molecular weight excluding hydrogens is 640 g/mol. The number of anilines is 2. The van der Waals surface area contributed by atoms with Crippen molar-refractivity contribution in [3.05, 3.63) is 23.1 Å². The van der Waals surface area contributed by atoms with Gasteiger partial charge in [0, 0.05) is 38.2 Å². The molecule has 0 radical (unpaired) electrons. The number of morpholine rings is 1. The summed E-state index contributed by atoms with van der Waals surface area (Å²) in [4.78, 5) is 53.1. The van der Waals surface area contributed by atoms with Crippen molar-refractivity contribution in [3.8, 4) is 10.4 Å². The standard InChI is InChI=1S/C19H24ClN5O3S.2C2HF3O2/c1-12-17(29-19(22-12)23-13(2)26)14-10-15(18(20)21-11-14)24-16(27)4-3-5-25-6-8-28-9-7-25;2*3-2(4,5)1(6)7/h10-11H,3-9H2,1-2H3,(H,24,27)(H,22,23,26);2*(H,6,7). The zero-order valence-corrected chi connectivity index (χ0v) is 24.0. The quantitative estimate of drug-likeness (QED) is 0.245. The van der Waals surface area contributed by atoms with E-state index in [9.17, 15) is 35.9 Å². The number of carboxylic acids is 2. The molecule has 0 aliphatic carbocycles. The number of aryl methyl sites for hydroxylation is 1. The van der Waals surface area contributed by atoms with Gasteiger partial charge in [-0.2, -0.15) is 26.3 Å². The Bertz CT molecular complexity index is 1250. The lowest BCUT2D eigenvalue weighted by Crippen LogP contribution is -2.37. The normalized spacial score (nSPS) is 13.5. The molecule has 2 aromatic rings. The van der Waals surface area contributed by atoms with E-state index in [-0.39, 0.29) is 17.0 Å². The second-order valence-corrected chi connectivity index (χ2v) is 9.75. The number of carboxylic acid groups (broad SMARTS) is 2. The average molecular weight is 666 g/mol. The molecule has 1 aliphatic heterocycles. The first-order chi connectivity index (χ1) is 19.8. The fourth-order valence-corrected chi connectivity index (χ4v) is 4.17. The van der Waals surface area contributed by atoms with Crippen LogP contribution in [0.1, 0.15) is 25.5 Å². The van der Waals surface area contributed by atoms with Crippen molar-refractivity contribution in [2.24, 2.45) is 0 Å². The molecule has 0 aromatic carbocycles. The monoisotopic (exact) mass is 665 g/mol. The van der Waals surface area contributed by atoms with E-state index in [1.54, 1.807) is 12.3 Å². The highest BCUT2D eigenvalue weighted by atomic mass is 35.5. The minimum absolute atomic E-state index is 0.0981. The van der Waals surface area contributed by atoms with E-state index in [2.05, 4.69) is 25.5 Å². The van der Waals surface area contributed by atoms with Crippen molar-refractivity contribution in [2.75, 3.05) is 43.5 Å². The van der Waals surface area contributed by atoms with E-state index in [0.29, 0.717) is 17.2 Å². The second-order valence-electron chi connectivity index (χ2n) is 8.39. The largest absolute Gasteiger partial charge is 0.490 e. The summed E-state index contributed by atoms with van der Waals surface area (Å²) in [6, 6.07) is 1.78. The van der Waals surface area contributed by atoms with Crippen molar-refractivity contribution in [1.82, 2.24) is 14.9 Å². The summed E-state index contributed by atoms with van der Waals surface area (Å²) in [6.07, 6.45) is -7.36. The highest BCUT2D eigenvalue weighted by Gasteiger charge is 2.38. The fraction of sp³-hybridized carbons (Fsp3) is 0.478.